The van der Waals surface area contributed by atoms with Gasteiger partial charge in [-0.1, -0.05) is 6.07 Å². The lowest BCUT2D eigenvalue weighted by atomic mass is 10.1. The molecule has 0 bridgehead atoms. The van der Waals surface area contributed by atoms with Crippen LogP contribution >= 0.6 is 23.1 Å². The van der Waals surface area contributed by atoms with Gasteiger partial charge in [0.1, 0.15) is 11.8 Å². The minimum Gasteiger partial charge on any atom is -0.467 e. The standard InChI is InChI=1S/C22H17N3O5S2/c26-20-12-32-19-6-5-13(9-14(19)23-20)22(28)30-11-21(27)25-16(17-3-1-7-29-17)10-15(24-25)18-4-2-8-31-18/h1-9,16H,10-12H2,(H,23,26). The average Bonchev–Trinajstić information content (AvgIpc) is 3.57. The number of benzene rings is 1. The van der Waals surface area contributed by atoms with E-state index in [1.807, 2.05) is 17.5 Å². The van der Waals surface area contributed by atoms with Crippen LogP contribution in [0.25, 0.3) is 0 Å². The smallest absolute Gasteiger partial charge is 0.338 e. The summed E-state index contributed by atoms with van der Waals surface area (Å²) in [5.74, 6) is -0.273. The van der Waals surface area contributed by atoms with Gasteiger partial charge in [-0.3, -0.25) is 9.59 Å². The van der Waals surface area contributed by atoms with Crippen LogP contribution in [0.5, 0.6) is 0 Å². The molecule has 0 fully saturated rings. The van der Waals surface area contributed by atoms with E-state index in [0.717, 1.165) is 15.5 Å². The Labute approximate surface area is 191 Å². The van der Waals surface area contributed by atoms with E-state index >= 15 is 0 Å². The fraction of sp³-hybridized carbons (Fsp3) is 0.182. The molecule has 8 nitrogen and oxygen atoms in total. The number of hydrazone groups is 1. The van der Waals surface area contributed by atoms with Crippen molar-refractivity contribution in [2.24, 2.45) is 5.10 Å². The van der Waals surface area contributed by atoms with Gasteiger partial charge in [-0.05, 0) is 41.8 Å². The molecule has 0 saturated carbocycles. The van der Waals surface area contributed by atoms with Gasteiger partial charge in [0.15, 0.2) is 6.61 Å². The third kappa shape index (κ3) is 4.06. The Kier molecular flexibility index (Phi) is 5.54. The highest BCUT2D eigenvalue weighted by molar-refractivity contribution is 8.00. The van der Waals surface area contributed by atoms with E-state index in [9.17, 15) is 14.4 Å². The summed E-state index contributed by atoms with van der Waals surface area (Å²) in [5.41, 5.74) is 1.60. The Morgan fingerprint density at radius 2 is 2.16 bits per heavy atom. The maximum absolute atomic E-state index is 12.9. The number of thioether (sulfide) groups is 1. The zero-order chi connectivity index (χ0) is 22.1. The molecule has 2 aliphatic rings. The Bertz CT molecular complexity index is 1200. The summed E-state index contributed by atoms with van der Waals surface area (Å²) in [7, 11) is 0. The van der Waals surface area contributed by atoms with Gasteiger partial charge in [0.05, 0.1) is 33.9 Å². The lowest BCUT2D eigenvalue weighted by Gasteiger charge is -2.20. The Hall–Kier alpha value is -3.37. The second kappa shape index (κ2) is 8.64. The quantitative estimate of drug-likeness (QED) is 0.571. The number of rotatable bonds is 5. The molecule has 2 amide bonds. The van der Waals surface area contributed by atoms with Gasteiger partial charge >= 0.3 is 5.97 Å². The van der Waals surface area contributed by atoms with Crippen LogP contribution < -0.4 is 5.32 Å². The van der Waals surface area contributed by atoms with Gasteiger partial charge in [0.25, 0.3) is 5.91 Å². The predicted octanol–water partition coefficient (Wildman–Crippen LogP) is 3.92. The number of anilines is 1. The van der Waals surface area contributed by atoms with Crippen molar-refractivity contribution in [2.45, 2.75) is 17.4 Å². The number of hydrogen-bond acceptors (Lipinski definition) is 8. The number of fused-ring (bicyclic) bond motifs is 1. The number of thiophene rings is 1. The molecule has 4 heterocycles. The monoisotopic (exact) mass is 467 g/mol. The zero-order valence-electron chi connectivity index (χ0n) is 16.6. The van der Waals surface area contributed by atoms with E-state index < -0.39 is 24.5 Å². The molecule has 0 radical (unpaired) electrons. The Morgan fingerprint density at radius 1 is 1.25 bits per heavy atom. The van der Waals surface area contributed by atoms with Gasteiger partial charge in [-0.15, -0.1) is 23.1 Å². The summed E-state index contributed by atoms with van der Waals surface area (Å²) in [6.07, 6.45) is 2.06. The number of nitrogens with zero attached hydrogens (tertiary/aromatic N) is 2. The number of hydrogen-bond donors (Lipinski definition) is 1. The van der Waals surface area contributed by atoms with Crippen molar-refractivity contribution in [3.8, 4) is 0 Å². The first-order valence-corrected chi connectivity index (χ1v) is 11.7. The highest BCUT2D eigenvalue weighted by Crippen LogP contribution is 2.34. The van der Waals surface area contributed by atoms with E-state index in [1.54, 1.807) is 47.9 Å². The van der Waals surface area contributed by atoms with E-state index in [2.05, 4.69) is 10.4 Å². The van der Waals surface area contributed by atoms with Crippen LogP contribution in [0.3, 0.4) is 0 Å². The number of carbonyl (C=O) groups excluding carboxylic acids is 3. The van der Waals surface area contributed by atoms with Crippen molar-refractivity contribution in [1.29, 1.82) is 0 Å². The third-order valence-electron chi connectivity index (χ3n) is 5.02. The first-order valence-electron chi connectivity index (χ1n) is 9.79. The Balaban J connectivity index is 1.29. The van der Waals surface area contributed by atoms with Crippen molar-refractivity contribution >= 4 is 52.3 Å². The predicted molar refractivity (Wildman–Crippen MR) is 120 cm³/mol. The molecule has 162 valence electrons. The molecule has 10 heteroatoms. The van der Waals surface area contributed by atoms with E-state index in [1.165, 1.54) is 16.8 Å². The largest absolute Gasteiger partial charge is 0.467 e. The van der Waals surface area contributed by atoms with Crippen LogP contribution in [-0.2, 0) is 14.3 Å². The number of furan rings is 1. The highest BCUT2D eigenvalue weighted by atomic mass is 32.2. The maximum atomic E-state index is 12.9. The average molecular weight is 468 g/mol. The topological polar surface area (TPSA) is 101 Å². The van der Waals surface area contributed by atoms with E-state index in [4.69, 9.17) is 9.15 Å². The molecule has 1 aromatic carbocycles. The summed E-state index contributed by atoms with van der Waals surface area (Å²) >= 11 is 2.95. The molecule has 1 atom stereocenters. The number of ether oxygens (including phenoxy) is 1. The summed E-state index contributed by atoms with van der Waals surface area (Å²) in [4.78, 5) is 38.9. The highest BCUT2D eigenvalue weighted by Gasteiger charge is 2.35. The van der Waals surface area contributed by atoms with Gasteiger partial charge < -0.3 is 14.5 Å². The van der Waals surface area contributed by atoms with Crippen LogP contribution in [0.1, 0.15) is 33.5 Å². The first-order chi connectivity index (χ1) is 15.6. The van der Waals surface area contributed by atoms with Crippen molar-refractivity contribution < 1.29 is 23.5 Å². The van der Waals surface area contributed by atoms with E-state index in [0.29, 0.717) is 23.6 Å². The molecular weight excluding hydrogens is 450 g/mol. The molecule has 0 saturated heterocycles. The van der Waals surface area contributed by atoms with Crippen LogP contribution in [0.15, 0.2) is 68.5 Å². The van der Waals surface area contributed by atoms with Crippen LogP contribution in [0.4, 0.5) is 5.69 Å². The summed E-state index contributed by atoms with van der Waals surface area (Å²) < 4.78 is 10.8. The minimum atomic E-state index is -0.651. The molecule has 0 aliphatic carbocycles. The Morgan fingerprint density at radius 3 is 2.94 bits per heavy atom. The van der Waals surface area contributed by atoms with Gasteiger partial charge in [0, 0.05) is 11.3 Å². The molecule has 5 rings (SSSR count). The molecule has 2 aliphatic heterocycles. The second-order valence-electron chi connectivity index (χ2n) is 7.12. The van der Waals surface area contributed by atoms with Gasteiger partial charge in [0.2, 0.25) is 5.91 Å². The van der Waals surface area contributed by atoms with Crippen molar-refractivity contribution in [3.05, 3.63) is 70.3 Å². The van der Waals surface area contributed by atoms with Crippen molar-refractivity contribution in [1.82, 2.24) is 5.01 Å². The number of amides is 2. The van der Waals surface area contributed by atoms with E-state index in [-0.39, 0.29) is 11.5 Å². The summed E-state index contributed by atoms with van der Waals surface area (Å²) in [6, 6.07) is 12.0. The lowest BCUT2D eigenvalue weighted by molar-refractivity contribution is -0.136. The summed E-state index contributed by atoms with van der Waals surface area (Å²) in [6.45, 7) is -0.463. The van der Waals surface area contributed by atoms with Crippen LogP contribution in [0, 0.1) is 0 Å². The molecule has 32 heavy (non-hydrogen) atoms. The fourth-order valence-electron chi connectivity index (χ4n) is 3.52. The maximum Gasteiger partial charge on any atom is 0.338 e. The second-order valence-corrected chi connectivity index (χ2v) is 9.09. The summed E-state index contributed by atoms with van der Waals surface area (Å²) in [5, 5.41) is 10.5. The zero-order valence-corrected chi connectivity index (χ0v) is 18.3. The van der Waals surface area contributed by atoms with Crippen LogP contribution in [0.2, 0.25) is 0 Å². The normalized spacial score (nSPS) is 17.5. The SMILES string of the molecule is O=C1CSc2ccc(C(=O)OCC(=O)N3N=C(c4cccs4)CC3c3ccco3)cc2N1. The van der Waals surface area contributed by atoms with Crippen molar-refractivity contribution in [3.63, 3.8) is 0 Å². The number of esters is 1. The third-order valence-corrected chi connectivity index (χ3v) is 7.01. The van der Waals surface area contributed by atoms with Gasteiger partial charge in [-0.2, -0.15) is 5.10 Å². The van der Waals surface area contributed by atoms with Crippen molar-refractivity contribution in [2.75, 3.05) is 17.7 Å². The first kappa shape index (κ1) is 20.5. The molecule has 3 aromatic rings. The molecule has 2 aromatic heterocycles. The lowest BCUT2D eigenvalue weighted by Crippen LogP contribution is -2.31. The fourth-order valence-corrected chi connectivity index (χ4v) is 5.03. The molecule has 1 N–H and O–H groups in total. The minimum absolute atomic E-state index is 0.124. The number of carbonyl (C=O) groups is 3. The molecule has 0 spiro atoms. The molecule has 1 unspecified atom stereocenters. The van der Waals surface area contributed by atoms with Crippen LogP contribution in [-0.4, -0.2) is 40.9 Å². The van der Waals surface area contributed by atoms with Gasteiger partial charge in [-0.25, -0.2) is 9.80 Å². The molecular formula is C22H17N3O5S2. The number of nitrogens with one attached hydrogen (secondary N) is 1.